The summed E-state index contributed by atoms with van der Waals surface area (Å²) < 4.78 is 0. The molecule has 1 aliphatic rings. The zero-order chi connectivity index (χ0) is 13.6. The van der Waals surface area contributed by atoms with E-state index < -0.39 is 0 Å². The van der Waals surface area contributed by atoms with Crippen LogP contribution >= 0.6 is 0 Å². The van der Waals surface area contributed by atoms with Crippen LogP contribution in [0.3, 0.4) is 0 Å². The second kappa shape index (κ2) is 7.13. The summed E-state index contributed by atoms with van der Waals surface area (Å²) in [5.41, 5.74) is 0.0657. The minimum atomic E-state index is 0.0657. The zero-order valence-corrected chi connectivity index (χ0v) is 12.6. The van der Waals surface area contributed by atoms with Crippen LogP contribution < -0.4 is 5.32 Å². The van der Waals surface area contributed by atoms with Crippen molar-refractivity contribution >= 4 is 5.91 Å². The first-order valence-electron chi connectivity index (χ1n) is 7.57. The quantitative estimate of drug-likeness (QED) is 0.790. The van der Waals surface area contributed by atoms with Crippen LogP contribution in [0.25, 0.3) is 0 Å². The van der Waals surface area contributed by atoms with Crippen LogP contribution in [0.5, 0.6) is 0 Å². The van der Waals surface area contributed by atoms with Gasteiger partial charge in [0.05, 0.1) is 0 Å². The fourth-order valence-corrected chi connectivity index (χ4v) is 3.09. The van der Waals surface area contributed by atoms with E-state index in [1.165, 1.54) is 19.3 Å². The Balaban J connectivity index is 2.65. The van der Waals surface area contributed by atoms with Crippen molar-refractivity contribution < 1.29 is 4.79 Å². The summed E-state index contributed by atoms with van der Waals surface area (Å²) in [6.45, 7) is 7.20. The third-order valence-corrected chi connectivity index (χ3v) is 4.61. The Morgan fingerprint density at radius 2 is 1.89 bits per heavy atom. The maximum absolute atomic E-state index is 12.5. The van der Waals surface area contributed by atoms with E-state index in [0.717, 1.165) is 25.8 Å². The number of nitrogens with zero attached hydrogens (tertiary/aromatic N) is 1. The summed E-state index contributed by atoms with van der Waals surface area (Å²) in [6.07, 6.45) is 7.82. The normalized spacial score (nSPS) is 20.4. The molecule has 1 atom stereocenters. The van der Waals surface area contributed by atoms with Crippen LogP contribution in [0.15, 0.2) is 0 Å². The van der Waals surface area contributed by atoms with Crippen molar-refractivity contribution in [3.05, 3.63) is 0 Å². The van der Waals surface area contributed by atoms with E-state index in [1.807, 2.05) is 11.9 Å². The van der Waals surface area contributed by atoms with Gasteiger partial charge >= 0.3 is 0 Å². The Bertz CT molecular complexity index is 259. The van der Waals surface area contributed by atoms with Crippen LogP contribution in [0.1, 0.15) is 65.7 Å². The average Bonchev–Trinajstić information content (AvgIpc) is 2.40. The maximum Gasteiger partial charge on any atom is 0.224 e. The first-order chi connectivity index (χ1) is 8.58. The number of hydrogen-bond acceptors (Lipinski definition) is 2. The van der Waals surface area contributed by atoms with Gasteiger partial charge in [-0.15, -0.1) is 0 Å². The van der Waals surface area contributed by atoms with Gasteiger partial charge in [0.25, 0.3) is 0 Å². The van der Waals surface area contributed by atoms with Gasteiger partial charge < -0.3 is 10.2 Å². The molecule has 1 rings (SSSR count). The molecule has 1 saturated carbocycles. The summed E-state index contributed by atoms with van der Waals surface area (Å²) in [5.74, 6) is 0.322. The molecule has 0 bridgehead atoms. The SMILES string of the molecule is CCC(C)N(CC)C(=O)CC1(NC)CCCCC1. The Kier molecular flexibility index (Phi) is 6.13. The number of nitrogens with one attached hydrogen (secondary N) is 1. The Morgan fingerprint density at radius 3 is 2.33 bits per heavy atom. The second-order valence-electron chi connectivity index (χ2n) is 5.70. The molecular weight excluding hydrogens is 224 g/mol. The lowest BCUT2D eigenvalue weighted by atomic mass is 9.79. The van der Waals surface area contributed by atoms with E-state index >= 15 is 0 Å². The van der Waals surface area contributed by atoms with E-state index in [-0.39, 0.29) is 5.54 Å². The Labute approximate surface area is 112 Å². The molecule has 1 aliphatic carbocycles. The molecular formula is C15H30N2O. The molecule has 106 valence electrons. The number of carbonyl (C=O) groups excluding carboxylic acids is 1. The first kappa shape index (κ1) is 15.5. The lowest BCUT2D eigenvalue weighted by Crippen LogP contribution is -2.50. The molecule has 0 radical (unpaired) electrons. The van der Waals surface area contributed by atoms with Gasteiger partial charge in [-0.05, 0) is 40.2 Å². The molecule has 18 heavy (non-hydrogen) atoms. The van der Waals surface area contributed by atoms with Crippen molar-refractivity contribution in [2.45, 2.75) is 77.3 Å². The number of carbonyl (C=O) groups is 1. The summed E-state index contributed by atoms with van der Waals surface area (Å²) in [5, 5.41) is 3.44. The molecule has 0 aromatic heterocycles. The fraction of sp³-hybridized carbons (Fsp3) is 0.933. The van der Waals surface area contributed by atoms with E-state index in [1.54, 1.807) is 0 Å². The lowest BCUT2D eigenvalue weighted by Gasteiger charge is -2.39. The Hall–Kier alpha value is -0.570. The minimum Gasteiger partial charge on any atom is -0.340 e. The van der Waals surface area contributed by atoms with Crippen molar-refractivity contribution in [3.8, 4) is 0 Å². The molecule has 0 saturated heterocycles. The summed E-state index contributed by atoms with van der Waals surface area (Å²) in [7, 11) is 2.01. The molecule has 1 amide bonds. The summed E-state index contributed by atoms with van der Waals surface area (Å²) >= 11 is 0. The number of rotatable bonds is 6. The summed E-state index contributed by atoms with van der Waals surface area (Å²) in [4.78, 5) is 14.5. The van der Waals surface area contributed by atoms with Crippen LogP contribution in [-0.2, 0) is 4.79 Å². The Morgan fingerprint density at radius 1 is 1.28 bits per heavy atom. The third kappa shape index (κ3) is 3.71. The molecule has 1 fully saturated rings. The molecule has 0 spiro atoms. The summed E-state index contributed by atoms with van der Waals surface area (Å²) in [6, 6.07) is 0.361. The van der Waals surface area contributed by atoms with Gasteiger partial charge in [0.2, 0.25) is 5.91 Å². The molecule has 1 N–H and O–H groups in total. The number of hydrogen-bond donors (Lipinski definition) is 1. The fourth-order valence-electron chi connectivity index (χ4n) is 3.09. The van der Waals surface area contributed by atoms with E-state index in [4.69, 9.17) is 0 Å². The highest BCUT2D eigenvalue weighted by atomic mass is 16.2. The van der Waals surface area contributed by atoms with E-state index in [2.05, 4.69) is 26.1 Å². The second-order valence-corrected chi connectivity index (χ2v) is 5.70. The first-order valence-corrected chi connectivity index (χ1v) is 7.57. The highest BCUT2D eigenvalue weighted by molar-refractivity contribution is 5.77. The van der Waals surface area contributed by atoms with E-state index in [0.29, 0.717) is 18.4 Å². The molecule has 0 aromatic carbocycles. The average molecular weight is 254 g/mol. The molecule has 0 aromatic rings. The zero-order valence-electron chi connectivity index (χ0n) is 12.6. The van der Waals surface area contributed by atoms with Crippen LogP contribution in [0.4, 0.5) is 0 Å². The van der Waals surface area contributed by atoms with Gasteiger partial charge in [-0.1, -0.05) is 26.2 Å². The monoisotopic (exact) mass is 254 g/mol. The minimum absolute atomic E-state index is 0.0657. The largest absolute Gasteiger partial charge is 0.340 e. The van der Waals surface area contributed by atoms with Crippen molar-refractivity contribution in [2.24, 2.45) is 0 Å². The molecule has 0 heterocycles. The standard InChI is InChI=1S/C15H30N2O/c1-5-13(3)17(6-2)14(18)12-15(16-4)10-8-7-9-11-15/h13,16H,5-12H2,1-4H3. The highest BCUT2D eigenvalue weighted by Crippen LogP contribution is 2.31. The molecule has 3 nitrogen and oxygen atoms in total. The third-order valence-electron chi connectivity index (χ3n) is 4.61. The topological polar surface area (TPSA) is 32.3 Å². The van der Waals surface area contributed by atoms with Gasteiger partial charge in [0.1, 0.15) is 0 Å². The van der Waals surface area contributed by atoms with Gasteiger partial charge in [-0.3, -0.25) is 4.79 Å². The van der Waals surface area contributed by atoms with Crippen LogP contribution in [0.2, 0.25) is 0 Å². The van der Waals surface area contributed by atoms with Crippen LogP contribution in [0, 0.1) is 0 Å². The van der Waals surface area contributed by atoms with Crippen molar-refractivity contribution in [1.82, 2.24) is 10.2 Å². The molecule has 1 unspecified atom stereocenters. The maximum atomic E-state index is 12.5. The van der Waals surface area contributed by atoms with Gasteiger partial charge in [-0.2, -0.15) is 0 Å². The van der Waals surface area contributed by atoms with Crippen LogP contribution in [-0.4, -0.2) is 36.0 Å². The van der Waals surface area contributed by atoms with Gasteiger partial charge in [0, 0.05) is 24.5 Å². The molecule has 0 aliphatic heterocycles. The highest BCUT2D eigenvalue weighted by Gasteiger charge is 2.34. The predicted octanol–water partition coefficient (Wildman–Crippen LogP) is 2.95. The van der Waals surface area contributed by atoms with E-state index in [9.17, 15) is 4.79 Å². The van der Waals surface area contributed by atoms with Crippen molar-refractivity contribution in [1.29, 1.82) is 0 Å². The lowest BCUT2D eigenvalue weighted by molar-refractivity contribution is -0.135. The predicted molar refractivity (Wildman–Crippen MR) is 76.6 cm³/mol. The number of amides is 1. The molecule has 3 heteroatoms. The van der Waals surface area contributed by atoms with Gasteiger partial charge in [-0.25, -0.2) is 0 Å². The smallest absolute Gasteiger partial charge is 0.224 e. The van der Waals surface area contributed by atoms with Crippen molar-refractivity contribution in [3.63, 3.8) is 0 Å². The van der Waals surface area contributed by atoms with Crippen molar-refractivity contribution in [2.75, 3.05) is 13.6 Å². The van der Waals surface area contributed by atoms with Gasteiger partial charge in [0.15, 0.2) is 0 Å².